The molecule has 7 nitrogen and oxygen atoms in total. The summed E-state index contributed by atoms with van der Waals surface area (Å²) >= 11 is 0. The molecule has 2 atom stereocenters. The molecule has 0 aliphatic heterocycles. The van der Waals surface area contributed by atoms with E-state index in [4.69, 9.17) is 0 Å². The topological polar surface area (TPSA) is 77.6 Å². The van der Waals surface area contributed by atoms with Crippen LogP contribution in [0.3, 0.4) is 0 Å². The highest BCUT2D eigenvalue weighted by Crippen LogP contribution is 2.48. The Labute approximate surface area is 192 Å². The number of carbonyl (C=O) groups excluding carboxylic acids is 1. The van der Waals surface area contributed by atoms with E-state index in [9.17, 15) is 4.79 Å². The molecular formula is C26H26N6O. The second kappa shape index (κ2) is 7.69. The van der Waals surface area contributed by atoms with E-state index in [-0.39, 0.29) is 11.8 Å². The highest BCUT2D eigenvalue weighted by molar-refractivity contribution is 5.95. The van der Waals surface area contributed by atoms with Crippen molar-refractivity contribution in [1.29, 1.82) is 0 Å². The van der Waals surface area contributed by atoms with Crippen LogP contribution in [-0.4, -0.2) is 30.5 Å². The summed E-state index contributed by atoms with van der Waals surface area (Å²) in [6.45, 7) is 2.03. The maximum atomic E-state index is 12.8. The number of imidazole rings is 1. The minimum absolute atomic E-state index is 0.0284. The number of nitrogens with one attached hydrogen (secondary N) is 1. The van der Waals surface area contributed by atoms with Gasteiger partial charge in [0, 0.05) is 24.6 Å². The number of carbonyl (C=O) groups is 1. The highest BCUT2D eigenvalue weighted by atomic mass is 16.2. The number of aromatic nitrogens is 5. The number of aryl methyl sites for hydroxylation is 1. The molecule has 2 aromatic heterocycles. The number of anilines is 1. The van der Waals surface area contributed by atoms with E-state index >= 15 is 0 Å². The van der Waals surface area contributed by atoms with Gasteiger partial charge in [-0.15, -0.1) is 5.10 Å². The van der Waals surface area contributed by atoms with Gasteiger partial charge in [0.25, 0.3) is 0 Å². The quantitative estimate of drug-likeness (QED) is 0.477. The van der Waals surface area contributed by atoms with Crippen LogP contribution in [0.2, 0.25) is 0 Å². The molecule has 2 unspecified atom stereocenters. The van der Waals surface area contributed by atoms with Crippen molar-refractivity contribution in [3.63, 3.8) is 0 Å². The van der Waals surface area contributed by atoms with Crippen LogP contribution in [0.4, 0.5) is 5.69 Å². The minimum atomic E-state index is 0.0284. The number of hydrogen-bond donors (Lipinski definition) is 1. The molecule has 2 saturated carbocycles. The van der Waals surface area contributed by atoms with Crippen LogP contribution in [0.1, 0.15) is 48.0 Å². The maximum Gasteiger partial charge on any atom is 0.228 e. The first kappa shape index (κ1) is 19.9. The third kappa shape index (κ3) is 3.73. The fourth-order valence-corrected chi connectivity index (χ4v) is 4.60. The van der Waals surface area contributed by atoms with Crippen molar-refractivity contribution in [1.82, 2.24) is 24.5 Å². The van der Waals surface area contributed by atoms with Crippen molar-refractivity contribution in [2.45, 2.75) is 38.0 Å². The molecule has 0 bridgehead atoms. The molecule has 33 heavy (non-hydrogen) atoms. The monoisotopic (exact) mass is 438 g/mol. The molecule has 2 fully saturated rings. The van der Waals surface area contributed by atoms with Crippen molar-refractivity contribution in [2.24, 2.45) is 13.0 Å². The second-order valence-corrected chi connectivity index (χ2v) is 9.23. The fraction of sp³-hybridized carbons (Fsp3) is 0.308. The van der Waals surface area contributed by atoms with Gasteiger partial charge in [-0.1, -0.05) is 41.6 Å². The lowest BCUT2D eigenvalue weighted by Crippen LogP contribution is -2.15. The Hall–Kier alpha value is -3.74. The van der Waals surface area contributed by atoms with Gasteiger partial charge in [0.15, 0.2) is 0 Å². The average Bonchev–Trinajstić information content (AvgIpc) is 3.74. The van der Waals surface area contributed by atoms with Crippen LogP contribution in [-0.2, 0) is 11.8 Å². The molecule has 1 amide bonds. The lowest BCUT2D eigenvalue weighted by Gasteiger charge is -2.10. The maximum absolute atomic E-state index is 12.8. The molecule has 7 heteroatoms. The molecule has 1 N–H and O–H groups in total. The summed E-state index contributed by atoms with van der Waals surface area (Å²) < 4.78 is 3.89. The lowest BCUT2D eigenvalue weighted by atomic mass is 10.1. The Bertz CT molecular complexity index is 1330. The standard InChI is InChI=1S/C26H26N6O/c1-16-8-11-19(28-26(33)21-13-20(21)17-6-4-3-5-7-17)12-23(16)32-15-22(29-30-32)24-14-27-25(31(24)2)18-9-10-18/h3-8,11-12,14-15,18,20-21H,9-10,13H2,1-2H3,(H,28,33). The van der Waals surface area contributed by atoms with Gasteiger partial charge in [0.2, 0.25) is 5.91 Å². The van der Waals surface area contributed by atoms with E-state index in [2.05, 4.69) is 37.3 Å². The number of benzene rings is 2. The zero-order valence-electron chi connectivity index (χ0n) is 18.8. The summed E-state index contributed by atoms with van der Waals surface area (Å²) in [4.78, 5) is 17.4. The Morgan fingerprint density at radius 1 is 1.12 bits per heavy atom. The van der Waals surface area contributed by atoms with Crippen LogP contribution in [0.15, 0.2) is 60.9 Å². The van der Waals surface area contributed by atoms with Gasteiger partial charge < -0.3 is 9.88 Å². The van der Waals surface area contributed by atoms with E-state index in [1.807, 2.05) is 62.8 Å². The molecule has 4 aromatic rings. The fourth-order valence-electron chi connectivity index (χ4n) is 4.60. The molecule has 2 aliphatic rings. The van der Waals surface area contributed by atoms with Crippen LogP contribution < -0.4 is 5.32 Å². The van der Waals surface area contributed by atoms with Crippen LogP contribution in [0.5, 0.6) is 0 Å². The van der Waals surface area contributed by atoms with E-state index in [0.29, 0.717) is 11.8 Å². The summed E-state index contributed by atoms with van der Waals surface area (Å²) in [5.74, 6) is 2.11. The summed E-state index contributed by atoms with van der Waals surface area (Å²) in [5, 5.41) is 11.9. The minimum Gasteiger partial charge on any atom is -0.330 e. The average molecular weight is 439 g/mol. The Morgan fingerprint density at radius 3 is 2.73 bits per heavy atom. The SMILES string of the molecule is Cc1ccc(NC(=O)C2CC2c2ccccc2)cc1-n1cc(-c2cnc(C3CC3)n2C)nn1. The van der Waals surface area contributed by atoms with Gasteiger partial charge in [-0.3, -0.25) is 4.79 Å². The lowest BCUT2D eigenvalue weighted by molar-refractivity contribution is -0.117. The number of amides is 1. The van der Waals surface area contributed by atoms with Crippen LogP contribution in [0.25, 0.3) is 17.1 Å². The van der Waals surface area contributed by atoms with Crippen molar-refractivity contribution >= 4 is 11.6 Å². The van der Waals surface area contributed by atoms with E-state index in [1.54, 1.807) is 4.68 Å². The summed E-state index contributed by atoms with van der Waals surface area (Å²) in [5.41, 5.74) is 5.71. The Morgan fingerprint density at radius 2 is 1.94 bits per heavy atom. The van der Waals surface area contributed by atoms with Gasteiger partial charge in [-0.2, -0.15) is 0 Å². The number of hydrogen-bond acceptors (Lipinski definition) is 4. The second-order valence-electron chi connectivity index (χ2n) is 9.23. The van der Waals surface area contributed by atoms with Gasteiger partial charge in [0.1, 0.15) is 11.5 Å². The third-order valence-corrected chi connectivity index (χ3v) is 6.80. The van der Waals surface area contributed by atoms with E-state index in [1.165, 1.54) is 18.4 Å². The van der Waals surface area contributed by atoms with Crippen molar-refractivity contribution in [3.8, 4) is 17.1 Å². The summed E-state index contributed by atoms with van der Waals surface area (Å²) in [7, 11) is 2.04. The smallest absolute Gasteiger partial charge is 0.228 e. The molecule has 0 spiro atoms. The van der Waals surface area contributed by atoms with Crippen molar-refractivity contribution in [3.05, 3.63) is 77.9 Å². The molecule has 6 rings (SSSR count). The molecule has 0 saturated heterocycles. The predicted octanol–water partition coefficient (Wildman–Crippen LogP) is 4.60. The highest BCUT2D eigenvalue weighted by Gasteiger charge is 2.43. The molecule has 166 valence electrons. The van der Waals surface area contributed by atoms with Gasteiger partial charge >= 0.3 is 0 Å². The summed E-state index contributed by atoms with van der Waals surface area (Å²) in [6.07, 6.45) is 7.12. The first-order valence-electron chi connectivity index (χ1n) is 11.5. The molecule has 2 aliphatic carbocycles. The van der Waals surface area contributed by atoms with Crippen LogP contribution in [0, 0.1) is 12.8 Å². The zero-order valence-corrected chi connectivity index (χ0v) is 18.8. The van der Waals surface area contributed by atoms with Gasteiger partial charge in [-0.25, -0.2) is 9.67 Å². The summed E-state index contributed by atoms with van der Waals surface area (Å²) in [6, 6.07) is 16.2. The van der Waals surface area contributed by atoms with E-state index in [0.717, 1.165) is 40.6 Å². The van der Waals surface area contributed by atoms with Gasteiger partial charge in [-0.05, 0) is 55.4 Å². The zero-order chi connectivity index (χ0) is 22.5. The number of rotatable bonds is 6. The van der Waals surface area contributed by atoms with Gasteiger partial charge in [0.05, 0.1) is 23.8 Å². The molecular weight excluding hydrogens is 412 g/mol. The Balaban J connectivity index is 1.20. The van der Waals surface area contributed by atoms with Crippen molar-refractivity contribution in [2.75, 3.05) is 5.32 Å². The largest absolute Gasteiger partial charge is 0.330 e. The predicted molar refractivity (Wildman–Crippen MR) is 126 cm³/mol. The third-order valence-electron chi connectivity index (χ3n) is 6.80. The molecule has 2 heterocycles. The van der Waals surface area contributed by atoms with Crippen LogP contribution >= 0.6 is 0 Å². The first-order valence-corrected chi connectivity index (χ1v) is 11.5. The van der Waals surface area contributed by atoms with E-state index < -0.39 is 0 Å². The van der Waals surface area contributed by atoms with Crippen molar-refractivity contribution < 1.29 is 4.79 Å². The Kier molecular flexibility index (Phi) is 4.64. The normalized spacial score (nSPS) is 19.5. The number of nitrogens with zero attached hydrogens (tertiary/aromatic N) is 5. The molecule has 2 aromatic carbocycles. The first-order chi connectivity index (χ1) is 16.1. The molecule has 0 radical (unpaired) electrons.